The Morgan fingerprint density at radius 3 is 2.50 bits per heavy atom. The van der Waals surface area contributed by atoms with Gasteiger partial charge in [0.15, 0.2) is 5.13 Å². The highest BCUT2D eigenvalue weighted by Gasteiger charge is 2.25. The first-order chi connectivity index (χ1) is 9.61. The quantitative estimate of drug-likeness (QED) is 0.797. The molecule has 0 aromatic carbocycles. The van der Waals surface area contributed by atoms with E-state index in [0.29, 0.717) is 22.8 Å². The minimum atomic E-state index is -0.0663. The van der Waals surface area contributed by atoms with Crippen LogP contribution in [0.4, 0.5) is 10.9 Å². The number of hydrogen-bond donors (Lipinski definition) is 3. The zero-order valence-corrected chi connectivity index (χ0v) is 12.6. The summed E-state index contributed by atoms with van der Waals surface area (Å²) in [7, 11) is 0. The largest absolute Gasteiger partial charge is 0.382 e. The second-order valence-electron chi connectivity index (χ2n) is 6.08. The van der Waals surface area contributed by atoms with E-state index in [9.17, 15) is 4.79 Å². The van der Waals surface area contributed by atoms with Gasteiger partial charge < -0.3 is 16.4 Å². The van der Waals surface area contributed by atoms with Crippen molar-refractivity contribution < 1.29 is 4.79 Å². The Labute approximate surface area is 123 Å². The molecule has 0 spiro atoms. The highest BCUT2D eigenvalue weighted by Crippen LogP contribution is 2.31. The van der Waals surface area contributed by atoms with Crippen LogP contribution in [0.2, 0.25) is 0 Å². The Balaban J connectivity index is 1.59. The van der Waals surface area contributed by atoms with Gasteiger partial charge in [-0.3, -0.25) is 4.79 Å². The fourth-order valence-corrected chi connectivity index (χ4v) is 3.48. The minimum Gasteiger partial charge on any atom is -0.382 e. The van der Waals surface area contributed by atoms with Crippen LogP contribution in [0.3, 0.4) is 0 Å². The van der Waals surface area contributed by atoms with E-state index >= 15 is 0 Å². The summed E-state index contributed by atoms with van der Waals surface area (Å²) in [4.78, 5) is 17.1. The SMILES string of the molecule is CC1CCC(NC(=O)c2sc(NC3CC3)nc2N)CC1. The third kappa shape index (κ3) is 3.23. The fraction of sp³-hybridized carbons (Fsp3) is 0.714. The lowest BCUT2D eigenvalue weighted by Gasteiger charge is -2.26. The first-order valence-corrected chi connectivity index (χ1v) is 8.27. The van der Waals surface area contributed by atoms with E-state index in [1.54, 1.807) is 0 Å². The van der Waals surface area contributed by atoms with Gasteiger partial charge in [0.2, 0.25) is 0 Å². The predicted octanol–water partition coefficient (Wildman–Crippen LogP) is 2.61. The molecule has 1 aromatic heterocycles. The molecule has 1 heterocycles. The third-order valence-electron chi connectivity index (χ3n) is 4.12. The maximum Gasteiger partial charge on any atom is 0.265 e. The second kappa shape index (κ2) is 5.60. The van der Waals surface area contributed by atoms with Gasteiger partial charge in [0.05, 0.1) is 0 Å². The van der Waals surface area contributed by atoms with Crippen LogP contribution in [-0.4, -0.2) is 23.0 Å². The van der Waals surface area contributed by atoms with Crippen LogP contribution in [0.15, 0.2) is 0 Å². The van der Waals surface area contributed by atoms with Gasteiger partial charge in [-0.25, -0.2) is 4.98 Å². The highest BCUT2D eigenvalue weighted by atomic mass is 32.1. The van der Waals surface area contributed by atoms with Gasteiger partial charge in [0, 0.05) is 12.1 Å². The molecule has 2 fully saturated rings. The van der Waals surface area contributed by atoms with E-state index in [0.717, 1.165) is 23.9 Å². The van der Waals surface area contributed by atoms with Crippen molar-refractivity contribution >= 4 is 28.2 Å². The summed E-state index contributed by atoms with van der Waals surface area (Å²) < 4.78 is 0. The number of carbonyl (C=O) groups excluding carboxylic acids is 1. The molecule has 110 valence electrons. The maximum absolute atomic E-state index is 12.3. The van der Waals surface area contributed by atoms with Crippen molar-refractivity contribution in [3.63, 3.8) is 0 Å². The van der Waals surface area contributed by atoms with Gasteiger partial charge in [-0.2, -0.15) is 0 Å². The van der Waals surface area contributed by atoms with Crippen molar-refractivity contribution in [1.82, 2.24) is 10.3 Å². The van der Waals surface area contributed by atoms with E-state index in [-0.39, 0.29) is 5.91 Å². The number of carbonyl (C=O) groups is 1. The monoisotopic (exact) mass is 294 g/mol. The topological polar surface area (TPSA) is 80.0 Å². The number of rotatable bonds is 4. The summed E-state index contributed by atoms with van der Waals surface area (Å²) in [6, 6.07) is 0.816. The van der Waals surface area contributed by atoms with Crippen LogP contribution in [0.25, 0.3) is 0 Å². The average Bonchev–Trinajstić information content (AvgIpc) is 3.14. The van der Waals surface area contributed by atoms with Crippen LogP contribution in [0.1, 0.15) is 55.1 Å². The summed E-state index contributed by atoms with van der Waals surface area (Å²) in [6.45, 7) is 2.27. The summed E-state index contributed by atoms with van der Waals surface area (Å²) in [5, 5.41) is 7.16. The van der Waals surface area contributed by atoms with Crippen molar-refractivity contribution in [3.05, 3.63) is 4.88 Å². The number of nitrogens with two attached hydrogens (primary N) is 1. The average molecular weight is 294 g/mol. The zero-order valence-electron chi connectivity index (χ0n) is 11.8. The van der Waals surface area contributed by atoms with E-state index in [4.69, 9.17) is 5.73 Å². The number of nitrogen functional groups attached to an aromatic ring is 1. The molecule has 0 saturated heterocycles. The first-order valence-electron chi connectivity index (χ1n) is 7.45. The predicted molar refractivity (Wildman–Crippen MR) is 82.1 cm³/mol. The van der Waals surface area contributed by atoms with E-state index in [2.05, 4.69) is 22.5 Å². The Bertz CT molecular complexity index is 489. The van der Waals surface area contributed by atoms with Crippen LogP contribution < -0.4 is 16.4 Å². The Morgan fingerprint density at radius 2 is 1.85 bits per heavy atom. The molecular weight excluding hydrogens is 272 g/mol. The van der Waals surface area contributed by atoms with Crippen LogP contribution in [0.5, 0.6) is 0 Å². The van der Waals surface area contributed by atoms with Crippen molar-refractivity contribution in [2.45, 2.75) is 57.5 Å². The molecule has 2 saturated carbocycles. The number of amides is 1. The van der Waals surface area contributed by atoms with Gasteiger partial charge in [0.25, 0.3) is 5.91 Å². The van der Waals surface area contributed by atoms with Gasteiger partial charge in [-0.05, 0) is 44.4 Å². The minimum absolute atomic E-state index is 0.0663. The lowest BCUT2D eigenvalue weighted by molar-refractivity contribution is 0.0928. The number of nitrogens with one attached hydrogen (secondary N) is 2. The van der Waals surface area contributed by atoms with E-state index in [1.807, 2.05) is 0 Å². The molecule has 0 aliphatic heterocycles. The zero-order chi connectivity index (χ0) is 14.1. The number of anilines is 2. The molecule has 1 aromatic rings. The Hall–Kier alpha value is -1.30. The standard InChI is InChI=1S/C14H22N4OS/c1-8-2-4-9(5-3-8)16-13(19)11-12(15)18-14(20-11)17-10-6-7-10/h8-10H,2-7,15H2,1H3,(H,16,19)(H,17,18). The van der Waals surface area contributed by atoms with E-state index in [1.165, 1.54) is 37.0 Å². The van der Waals surface area contributed by atoms with Gasteiger partial charge in [-0.1, -0.05) is 18.3 Å². The van der Waals surface area contributed by atoms with Gasteiger partial charge in [-0.15, -0.1) is 0 Å². The second-order valence-corrected chi connectivity index (χ2v) is 7.08. The lowest BCUT2D eigenvalue weighted by Crippen LogP contribution is -2.37. The summed E-state index contributed by atoms with van der Waals surface area (Å²) in [6.07, 6.45) is 6.88. The summed E-state index contributed by atoms with van der Waals surface area (Å²) in [5.41, 5.74) is 5.86. The van der Waals surface area contributed by atoms with Gasteiger partial charge >= 0.3 is 0 Å². The number of thiazole rings is 1. The molecule has 0 radical (unpaired) electrons. The highest BCUT2D eigenvalue weighted by molar-refractivity contribution is 7.18. The number of nitrogens with zero attached hydrogens (tertiary/aromatic N) is 1. The van der Waals surface area contributed by atoms with Crippen molar-refractivity contribution in [3.8, 4) is 0 Å². The third-order valence-corrected chi connectivity index (χ3v) is 5.12. The Morgan fingerprint density at radius 1 is 1.20 bits per heavy atom. The van der Waals surface area contributed by atoms with E-state index < -0.39 is 0 Å². The molecule has 5 nitrogen and oxygen atoms in total. The molecule has 2 aliphatic rings. The first kappa shape index (κ1) is 13.7. The maximum atomic E-state index is 12.3. The van der Waals surface area contributed by atoms with Gasteiger partial charge in [0.1, 0.15) is 10.7 Å². The van der Waals surface area contributed by atoms with Crippen molar-refractivity contribution in [2.75, 3.05) is 11.1 Å². The molecule has 2 aliphatic carbocycles. The number of hydrogen-bond acceptors (Lipinski definition) is 5. The van der Waals surface area contributed by atoms with Crippen LogP contribution >= 0.6 is 11.3 Å². The molecule has 0 bridgehead atoms. The molecule has 0 atom stereocenters. The van der Waals surface area contributed by atoms with Crippen molar-refractivity contribution in [2.24, 2.45) is 5.92 Å². The fourth-order valence-electron chi connectivity index (χ4n) is 2.61. The van der Waals surface area contributed by atoms with Crippen LogP contribution in [0, 0.1) is 5.92 Å². The van der Waals surface area contributed by atoms with Crippen molar-refractivity contribution in [1.29, 1.82) is 0 Å². The molecule has 6 heteroatoms. The molecule has 0 unspecified atom stereocenters. The Kier molecular flexibility index (Phi) is 3.83. The lowest BCUT2D eigenvalue weighted by atomic mass is 9.87. The molecular formula is C14H22N4OS. The van der Waals surface area contributed by atoms with Crippen LogP contribution in [-0.2, 0) is 0 Å². The normalized spacial score (nSPS) is 26.2. The molecule has 20 heavy (non-hydrogen) atoms. The smallest absolute Gasteiger partial charge is 0.265 e. The molecule has 3 rings (SSSR count). The number of aromatic nitrogens is 1. The molecule has 4 N–H and O–H groups in total. The molecule has 1 amide bonds. The summed E-state index contributed by atoms with van der Waals surface area (Å²) in [5.74, 6) is 1.06. The summed E-state index contributed by atoms with van der Waals surface area (Å²) >= 11 is 1.37.